The van der Waals surface area contributed by atoms with Gasteiger partial charge in [0, 0.05) is 22.6 Å². The molecule has 2 aliphatic heterocycles. The van der Waals surface area contributed by atoms with Crippen LogP contribution in [-0.2, 0) is 39.5 Å². The van der Waals surface area contributed by atoms with Gasteiger partial charge >= 0.3 is 5.97 Å². The summed E-state index contributed by atoms with van der Waals surface area (Å²) in [7, 11) is 0. The zero-order valence-electron chi connectivity index (χ0n) is 22.6. The quantitative estimate of drug-likeness (QED) is 0.336. The molecule has 208 valence electrons. The molecule has 3 N–H and O–H groups in total. The number of carbonyl (C=O) groups excluding carboxylic acids is 2. The van der Waals surface area contributed by atoms with Gasteiger partial charge in [0.15, 0.2) is 5.60 Å². The fourth-order valence-corrected chi connectivity index (χ4v) is 7.27. The molecule has 0 spiro atoms. The molecule has 7 rings (SSSR count). The first-order chi connectivity index (χ1) is 19.0. The second-order valence-electron chi connectivity index (χ2n) is 11.9. The van der Waals surface area contributed by atoms with Crippen LogP contribution in [0.15, 0.2) is 16.9 Å². The Bertz CT molecular complexity index is 1740. The number of pyridine rings is 2. The van der Waals surface area contributed by atoms with Gasteiger partial charge in [-0.25, -0.2) is 14.2 Å². The van der Waals surface area contributed by atoms with Crippen LogP contribution in [0, 0.1) is 18.7 Å². The molecule has 3 aromatic rings. The minimum Gasteiger partial charge on any atom is -0.458 e. The SMILES string of the molecule is CC[C@@]1(O)C(=O)OCc2c1cc1n(c2=O)Cc2c-1nc1cc(F)c(C)c3c1c2[C@@H](NC(=O)C1(O)CC(C)C1)CC3. The van der Waals surface area contributed by atoms with Crippen LogP contribution in [0.25, 0.3) is 22.3 Å². The number of cyclic esters (lactones) is 1. The van der Waals surface area contributed by atoms with E-state index in [1.807, 2.05) is 6.92 Å². The Hall–Kier alpha value is -3.63. The number of fused-ring (bicyclic) bond motifs is 5. The molecular weight excluding hydrogens is 517 g/mol. The van der Waals surface area contributed by atoms with E-state index in [4.69, 9.17) is 9.72 Å². The molecule has 2 aromatic heterocycles. The summed E-state index contributed by atoms with van der Waals surface area (Å²) >= 11 is 0. The summed E-state index contributed by atoms with van der Waals surface area (Å²) in [5.41, 5.74) is 0.779. The highest BCUT2D eigenvalue weighted by molar-refractivity contribution is 5.94. The first-order valence-corrected chi connectivity index (χ1v) is 13.8. The summed E-state index contributed by atoms with van der Waals surface area (Å²) < 4.78 is 21.8. The predicted octanol–water partition coefficient (Wildman–Crippen LogP) is 2.79. The van der Waals surface area contributed by atoms with Crippen molar-refractivity contribution in [2.45, 2.75) is 83.3 Å². The Morgan fingerprint density at radius 2 is 1.98 bits per heavy atom. The molecule has 9 nitrogen and oxygen atoms in total. The Kier molecular flexibility index (Phi) is 5.20. The number of halogens is 1. The van der Waals surface area contributed by atoms with Crippen molar-refractivity contribution >= 4 is 22.8 Å². The van der Waals surface area contributed by atoms with Gasteiger partial charge in [-0.05, 0) is 67.7 Å². The van der Waals surface area contributed by atoms with Gasteiger partial charge in [-0.3, -0.25) is 9.59 Å². The van der Waals surface area contributed by atoms with Crippen LogP contribution in [0.2, 0.25) is 0 Å². The van der Waals surface area contributed by atoms with Crippen LogP contribution in [0.3, 0.4) is 0 Å². The van der Waals surface area contributed by atoms with Crippen molar-refractivity contribution in [2.75, 3.05) is 0 Å². The number of ether oxygens (including phenoxy) is 1. The average Bonchev–Trinajstić information content (AvgIpc) is 3.28. The first-order valence-electron chi connectivity index (χ1n) is 13.8. The van der Waals surface area contributed by atoms with Crippen LogP contribution in [-0.4, -0.2) is 37.2 Å². The molecule has 0 radical (unpaired) electrons. The van der Waals surface area contributed by atoms with E-state index < -0.39 is 34.7 Å². The highest BCUT2D eigenvalue weighted by Gasteiger charge is 2.48. The van der Waals surface area contributed by atoms with Gasteiger partial charge in [0.25, 0.3) is 11.5 Å². The number of aryl methyl sites for hydroxylation is 1. The number of carbonyl (C=O) groups is 2. The molecule has 1 fully saturated rings. The van der Waals surface area contributed by atoms with Crippen molar-refractivity contribution < 1.29 is 28.9 Å². The molecule has 2 atom stereocenters. The standard InChI is InChI=1S/C30H30FN3O6/c1-4-30(39)18-7-22-25-16(11-34(22)26(35)17(18)12-40-28(30)37)24-20(33-27(36)29(38)9-13(2)10-29)6-5-15-14(3)19(31)8-21(32-25)23(15)24/h7-8,13,20,38-39H,4-6,9-12H2,1-3H3,(H,33,36)/t13?,20-,29?,30-/m0/s1. The predicted molar refractivity (Wildman–Crippen MR) is 142 cm³/mol. The van der Waals surface area contributed by atoms with Gasteiger partial charge in [-0.1, -0.05) is 13.8 Å². The second kappa shape index (κ2) is 8.20. The highest BCUT2D eigenvalue weighted by Crippen LogP contribution is 2.46. The van der Waals surface area contributed by atoms with E-state index in [0.29, 0.717) is 48.2 Å². The molecule has 4 aliphatic rings. The van der Waals surface area contributed by atoms with Crippen molar-refractivity contribution in [3.63, 3.8) is 0 Å². The Morgan fingerprint density at radius 3 is 2.67 bits per heavy atom. The molecule has 10 heteroatoms. The minimum absolute atomic E-state index is 0.0223. The fourth-order valence-electron chi connectivity index (χ4n) is 7.27. The summed E-state index contributed by atoms with van der Waals surface area (Å²) in [6.45, 7) is 5.29. The lowest BCUT2D eigenvalue weighted by Gasteiger charge is -2.41. The lowest BCUT2D eigenvalue weighted by molar-refractivity contribution is -0.172. The maximum Gasteiger partial charge on any atom is 0.343 e. The number of benzene rings is 1. The molecule has 1 saturated carbocycles. The van der Waals surface area contributed by atoms with E-state index in [0.717, 1.165) is 22.1 Å². The largest absolute Gasteiger partial charge is 0.458 e. The van der Waals surface area contributed by atoms with Crippen molar-refractivity contribution in [3.05, 3.63) is 61.7 Å². The van der Waals surface area contributed by atoms with Crippen molar-refractivity contribution in [2.24, 2.45) is 5.92 Å². The summed E-state index contributed by atoms with van der Waals surface area (Å²) in [5.74, 6) is -1.36. The lowest BCUT2D eigenvalue weighted by atomic mass is 9.71. The smallest absolute Gasteiger partial charge is 0.343 e. The number of amides is 1. The van der Waals surface area contributed by atoms with Gasteiger partial charge < -0.3 is 24.8 Å². The maximum atomic E-state index is 15.1. The number of esters is 1. The van der Waals surface area contributed by atoms with Crippen molar-refractivity contribution in [1.29, 1.82) is 0 Å². The van der Waals surface area contributed by atoms with Crippen LogP contribution in [0.4, 0.5) is 4.39 Å². The molecule has 4 heterocycles. The third-order valence-corrected chi connectivity index (χ3v) is 9.48. The normalized spacial score (nSPS) is 27.9. The first kappa shape index (κ1) is 25.3. The van der Waals surface area contributed by atoms with Crippen molar-refractivity contribution in [1.82, 2.24) is 14.9 Å². The van der Waals surface area contributed by atoms with E-state index in [-0.39, 0.29) is 42.4 Å². The number of hydrogen-bond acceptors (Lipinski definition) is 7. The molecule has 1 aromatic carbocycles. The summed E-state index contributed by atoms with van der Waals surface area (Å²) in [6, 6.07) is 2.53. The fraction of sp³-hybridized carbons (Fsp3) is 0.467. The summed E-state index contributed by atoms with van der Waals surface area (Å²) in [6.07, 6.45) is 1.83. The molecule has 0 bridgehead atoms. The number of nitrogens with zero attached hydrogens (tertiary/aromatic N) is 2. The van der Waals surface area contributed by atoms with E-state index in [1.54, 1.807) is 24.5 Å². The zero-order valence-corrected chi connectivity index (χ0v) is 22.6. The van der Waals surface area contributed by atoms with Crippen LogP contribution < -0.4 is 10.9 Å². The topological polar surface area (TPSA) is 131 Å². The molecule has 2 aliphatic carbocycles. The van der Waals surface area contributed by atoms with E-state index in [2.05, 4.69) is 5.32 Å². The van der Waals surface area contributed by atoms with Crippen LogP contribution in [0.5, 0.6) is 0 Å². The molecular formula is C30H30FN3O6. The number of rotatable bonds is 3. The van der Waals surface area contributed by atoms with E-state index >= 15 is 4.39 Å². The number of nitrogens with one attached hydrogen (secondary N) is 1. The molecule has 1 amide bonds. The van der Waals surface area contributed by atoms with Crippen LogP contribution in [0.1, 0.15) is 79.0 Å². The summed E-state index contributed by atoms with van der Waals surface area (Å²) in [5, 5.41) is 25.9. The van der Waals surface area contributed by atoms with Gasteiger partial charge in [0.05, 0.1) is 35.1 Å². The van der Waals surface area contributed by atoms with Gasteiger partial charge in [0.2, 0.25) is 0 Å². The van der Waals surface area contributed by atoms with Crippen molar-refractivity contribution in [3.8, 4) is 11.4 Å². The minimum atomic E-state index is -1.96. The maximum absolute atomic E-state index is 15.1. The number of hydrogen-bond donors (Lipinski definition) is 3. The third kappa shape index (κ3) is 3.20. The molecule has 0 unspecified atom stereocenters. The second-order valence-corrected chi connectivity index (χ2v) is 11.9. The monoisotopic (exact) mass is 547 g/mol. The summed E-state index contributed by atoms with van der Waals surface area (Å²) in [4.78, 5) is 44.3. The van der Waals surface area contributed by atoms with Gasteiger partial charge in [-0.2, -0.15) is 0 Å². The third-order valence-electron chi connectivity index (χ3n) is 9.48. The van der Waals surface area contributed by atoms with E-state index in [1.165, 1.54) is 6.07 Å². The molecule has 40 heavy (non-hydrogen) atoms. The molecule has 0 saturated heterocycles. The zero-order chi connectivity index (χ0) is 28.3. The van der Waals surface area contributed by atoms with E-state index in [9.17, 15) is 24.6 Å². The average molecular weight is 548 g/mol. The van der Waals surface area contributed by atoms with Crippen LogP contribution >= 0.6 is 0 Å². The van der Waals surface area contributed by atoms with Gasteiger partial charge in [0.1, 0.15) is 18.0 Å². The number of aliphatic hydroxyl groups is 2. The Balaban J connectivity index is 1.45. The lowest BCUT2D eigenvalue weighted by Crippen LogP contribution is -2.55. The number of aromatic nitrogens is 2. The van der Waals surface area contributed by atoms with Gasteiger partial charge in [-0.15, -0.1) is 0 Å². The Morgan fingerprint density at radius 1 is 1.23 bits per heavy atom. The Labute approximate surface area is 229 Å². The highest BCUT2D eigenvalue weighted by atomic mass is 19.1.